The van der Waals surface area contributed by atoms with Crippen LogP contribution in [0.2, 0.25) is 0 Å². The normalized spacial score (nSPS) is 13.1. The maximum absolute atomic E-state index is 13.0. The lowest BCUT2D eigenvalue weighted by Gasteiger charge is -2.24. The number of alkyl halides is 3. The fourth-order valence-electron chi connectivity index (χ4n) is 2.19. The molecule has 1 amide bonds. The number of hydrogen-bond donors (Lipinski definition) is 1. The lowest BCUT2D eigenvalue weighted by atomic mass is 10.1. The highest BCUT2D eigenvalue weighted by Crippen LogP contribution is 2.32. The third-order valence-corrected chi connectivity index (χ3v) is 3.66. The van der Waals surface area contributed by atoms with Crippen molar-refractivity contribution in [3.8, 4) is 0 Å². The van der Waals surface area contributed by atoms with Gasteiger partial charge >= 0.3 is 6.18 Å². The SMILES string of the molecule is Cc1cc(NC(=O)C(C)N(C)Cc2ccccc2C(F)(F)F)on1. The van der Waals surface area contributed by atoms with Crippen LogP contribution < -0.4 is 5.32 Å². The molecule has 5 nitrogen and oxygen atoms in total. The van der Waals surface area contributed by atoms with E-state index < -0.39 is 23.7 Å². The minimum Gasteiger partial charge on any atom is -0.338 e. The van der Waals surface area contributed by atoms with Crippen LogP contribution in [0.15, 0.2) is 34.9 Å². The van der Waals surface area contributed by atoms with Crippen LogP contribution in [0.3, 0.4) is 0 Å². The largest absolute Gasteiger partial charge is 0.416 e. The summed E-state index contributed by atoms with van der Waals surface area (Å²) < 4.78 is 44.0. The van der Waals surface area contributed by atoms with Gasteiger partial charge in [0.15, 0.2) is 0 Å². The van der Waals surface area contributed by atoms with Crippen molar-refractivity contribution < 1.29 is 22.5 Å². The molecule has 1 atom stereocenters. The van der Waals surface area contributed by atoms with E-state index in [4.69, 9.17) is 4.52 Å². The van der Waals surface area contributed by atoms with Crippen LogP contribution in [0.5, 0.6) is 0 Å². The molecule has 130 valence electrons. The lowest BCUT2D eigenvalue weighted by molar-refractivity contribution is -0.138. The molecule has 0 saturated heterocycles. The molecular weight excluding hydrogens is 323 g/mol. The monoisotopic (exact) mass is 341 g/mol. The molecule has 1 unspecified atom stereocenters. The Kier molecular flexibility index (Phi) is 5.28. The summed E-state index contributed by atoms with van der Waals surface area (Å²) in [7, 11) is 1.59. The van der Waals surface area contributed by atoms with Crippen LogP contribution in [0.4, 0.5) is 19.1 Å². The molecule has 0 saturated carbocycles. The number of aryl methyl sites for hydroxylation is 1. The number of likely N-dealkylation sites (N-methyl/N-ethyl adjacent to an activating group) is 1. The van der Waals surface area contributed by atoms with Crippen LogP contribution in [-0.2, 0) is 17.5 Å². The number of anilines is 1. The summed E-state index contributed by atoms with van der Waals surface area (Å²) >= 11 is 0. The fourth-order valence-corrected chi connectivity index (χ4v) is 2.19. The van der Waals surface area contributed by atoms with Crippen molar-refractivity contribution in [2.24, 2.45) is 0 Å². The number of carbonyl (C=O) groups excluding carboxylic acids is 1. The summed E-state index contributed by atoms with van der Waals surface area (Å²) in [5.41, 5.74) is 0.0309. The van der Waals surface area contributed by atoms with Crippen molar-refractivity contribution in [3.63, 3.8) is 0 Å². The van der Waals surface area contributed by atoms with Crippen LogP contribution in [0.25, 0.3) is 0 Å². The summed E-state index contributed by atoms with van der Waals surface area (Å²) in [6.45, 7) is 3.30. The Balaban J connectivity index is 2.06. The van der Waals surface area contributed by atoms with E-state index in [1.807, 2.05) is 0 Å². The van der Waals surface area contributed by atoms with Gasteiger partial charge < -0.3 is 4.52 Å². The van der Waals surface area contributed by atoms with Gasteiger partial charge in [-0.25, -0.2) is 0 Å². The van der Waals surface area contributed by atoms with Crippen molar-refractivity contribution in [3.05, 3.63) is 47.2 Å². The van der Waals surface area contributed by atoms with Gasteiger partial charge in [0, 0.05) is 12.6 Å². The van der Waals surface area contributed by atoms with Crippen molar-refractivity contribution in [2.45, 2.75) is 32.6 Å². The third-order valence-electron chi connectivity index (χ3n) is 3.66. The highest BCUT2D eigenvalue weighted by atomic mass is 19.4. The minimum absolute atomic E-state index is 0.0142. The number of rotatable bonds is 5. The quantitative estimate of drug-likeness (QED) is 0.905. The summed E-state index contributed by atoms with van der Waals surface area (Å²) in [5, 5.41) is 6.19. The van der Waals surface area contributed by atoms with E-state index in [1.54, 1.807) is 33.0 Å². The molecule has 1 aromatic carbocycles. The maximum Gasteiger partial charge on any atom is 0.416 e. The zero-order valence-electron chi connectivity index (χ0n) is 13.5. The van der Waals surface area contributed by atoms with Crippen molar-refractivity contribution in [2.75, 3.05) is 12.4 Å². The van der Waals surface area contributed by atoms with Crippen LogP contribution in [0, 0.1) is 6.92 Å². The molecule has 0 fully saturated rings. The molecular formula is C16H18F3N3O2. The smallest absolute Gasteiger partial charge is 0.338 e. The van der Waals surface area contributed by atoms with E-state index in [1.165, 1.54) is 17.0 Å². The van der Waals surface area contributed by atoms with Gasteiger partial charge in [0.2, 0.25) is 11.8 Å². The summed E-state index contributed by atoms with van der Waals surface area (Å²) in [6.07, 6.45) is -4.43. The van der Waals surface area contributed by atoms with E-state index in [0.717, 1.165) is 6.07 Å². The van der Waals surface area contributed by atoms with E-state index in [0.29, 0.717) is 5.69 Å². The van der Waals surface area contributed by atoms with E-state index in [9.17, 15) is 18.0 Å². The first-order valence-electron chi connectivity index (χ1n) is 7.28. The molecule has 8 heteroatoms. The first-order valence-corrected chi connectivity index (χ1v) is 7.28. The van der Waals surface area contributed by atoms with Gasteiger partial charge in [0.25, 0.3) is 0 Å². The van der Waals surface area contributed by atoms with E-state index in [2.05, 4.69) is 10.5 Å². The highest BCUT2D eigenvalue weighted by Gasteiger charge is 2.33. The Morgan fingerprint density at radius 3 is 2.62 bits per heavy atom. The zero-order valence-corrected chi connectivity index (χ0v) is 13.5. The minimum atomic E-state index is -4.43. The number of halogens is 3. The molecule has 0 aliphatic carbocycles. The average molecular weight is 341 g/mol. The van der Waals surface area contributed by atoms with Gasteiger partial charge in [0.1, 0.15) is 0 Å². The molecule has 2 aromatic rings. The molecule has 24 heavy (non-hydrogen) atoms. The second-order valence-corrected chi connectivity index (χ2v) is 5.57. The third kappa shape index (κ3) is 4.35. The summed E-state index contributed by atoms with van der Waals surface area (Å²) in [4.78, 5) is 13.7. The van der Waals surface area contributed by atoms with Gasteiger partial charge in [0.05, 0.1) is 17.3 Å². The highest BCUT2D eigenvalue weighted by molar-refractivity contribution is 5.93. The van der Waals surface area contributed by atoms with Gasteiger partial charge in [-0.15, -0.1) is 0 Å². The second-order valence-electron chi connectivity index (χ2n) is 5.57. The molecule has 1 aromatic heterocycles. The first-order chi connectivity index (χ1) is 11.2. The molecule has 1 N–H and O–H groups in total. The summed E-state index contributed by atoms with van der Waals surface area (Å²) in [6, 6.07) is 6.23. The predicted octanol–water partition coefficient (Wildman–Crippen LogP) is 3.46. The zero-order chi connectivity index (χ0) is 17.9. The topological polar surface area (TPSA) is 58.4 Å². The molecule has 0 bridgehead atoms. The van der Waals surface area contributed by atoms with E-state index in [-0.39, 0.29) is 18.0 Å². The van der Waals surface area contributed by atoms with Gasteiger partial charge in [-0.05, 0) is 32.5 Å². The van der Waals surface area contributed by atoms with Crippen molar-refractivity contribution in [1.29, 1.82) is 0 Å². The molecule has 0 radical (unpaired) electrons. The first kappa shape index (κ1) is 18.0. The Hall–Kier alpha value is -2.35. The number of hydrogen-bond acceptors (Lipinski definition) is 4. The fraction of sp³-hybridized carbons (Fsp3) is 0.375. The number of nitrogens with one attached hydrogen (secondary N) is 1. The number of aromatic nitrogens is 1. The van der Waals surface area contributed by atoms with Crippen molar-refractivity contribution in [1.82, 2.24) is 10.1 Å². The Morgan fingerprint density at radius 2 is 2.04 bits per heavy atom. The van der Waals surface area contributed by atoms with Crippen LogP contribution in [-0.4, -0.2) is 29.1 Å². The molecule has 0 aliphatic rings. The Morgan fingerprint density at radius 1 is 1.38 bits per heavy atom. The maximum atomic E-state index is 13.0. The van der Waals surface area contributed by atoms with Gasteiger partial charge in [-0.1, -0.05) is 23.4 Å². The Bertz CT molecular complexity index is 713. The predicted molar refractivity (Wildman–Crippen MR) is 82.2 cm³/mol. The van der Waals surface area contributed by atoms with Crippen LogP contribution >= 0.6 is 0 Å². The number of amides is 1. The molecule has 1 heterocycles. The Labute approximate surface area is 137 Å². The molecule has 2 rings (SSSR count). The summed E-state index contributed by atoms with van der Waals surface area (Å²) in [5.74, 6) is -0.188. The lowest BCUT2D eigenvalue weighted by Crippen LogP contribution is -2.39. The molecule has 0 aliphatic heterocycles. The van der Waals surface area contributed by atoms with Gasteiger partial charge in [-0.2, -0.15) is 13.2 Å². The van der Waals surface area contributed by atoms with Crippen LogP contribution in [0.1, 0.15) is 23.7 Å². The number of carbonyl (C=O) groups is 1. The average Bonchev–Trinajstić information content (AvgIpc) is 2.90. The van der Waals surface area contributed by atoms with Gasteiger partial charge in [-0.3, -0.25) is 15.0 Å². The second kappa shape index (κ2) is 7.04. The number of nitrogens with zero attached hydrogens (tertiary/aromatic N) is 2. The molecule has 0 spiro atoms. The standard InChI is InChI=1S/C16H18F3N3O2/c1-10-8-14(24-21-10)20-15(23)11(2)22(3)9-12-6-4-5-7-13(12)16(17,18)19/h4-8,11H,9H2,1-3H3,(H,20,23). The van der Waals surface area contributed by atoms with Crippen molar-refractivity contribution >= 4 is 11.8 Å². The number of benzene rings is 1. The van der Waals surface area contributed by atoms with E-state index >= 15 is 0 Å².